The summed E-state index contributed by atoms with van der Waals surface area (Å²) >= 11 is 13.2. The molecule has 0 bridgehead atoms. The maximum absolute atomic E-state index is 13.0. The number of hydrogen-bond acceptors (Lipinski definition) is 5. The number of esters is 1. The number of aromatic nitrogens is 2. The Labute approximate surface area is 157 Å². The third-order valence-electron chi connectivity index (χ3n) is 3.45. The fourth-order valence-corrected chi connectivity index (χ4v) is 3.38. The number of rotatable bonds is 4. The Morgan fingerprint density at radius 3 is 2.68 bits per heavy atom. The van der Waals surface area contributed by atoms with Gasteiger partial charge >= 0.3 is 5.97 Å². The quantitative estimate of drug-likeness (QED) is 0.380. The van der Waals surface area contributed by atoms with Gasteiger partial charge in [0.15, 0.2) is 5.16 Å². The van der Waals surface area contributed by atoms with Crippen LogP contribution in [0.3, 0.4) is 0 Å². The number of hydrogen-bond donors (Lipinski definition) is 0. The normalized spacial score (nSPS) is 10.8. The van der Waals surface area contributed by atoms with Gasteiger partial charge in [0.25, 0.3) is 5.56 Å². The highest BCUT2D eigenvalue weighted by molar-refractivity contribution is 7.99. The molecule has 2 aromatic carbocycles. The van der Waals surface area contributed by atoms with E-state index in [1.165, 1.54) is 11.7 Å². The molecule has 0 radical (unpaired) electrons. The molecule has 0 aliphatic rings. The standard InChI is InChI=1S/C17H12Cl2N2O3S/c1-24-15(22)9-25-17-20-14-5-3-2-4-11(14)16(23)21(17)10-6-7-12(18)13(19)8-10/h2-8H,9H2,1H3. The highest BCUT2D eigenvalue weighted by Crippen LogP contribution is 2.27. The van der Waals surface area contributed by atoms with Crippen molar-refractivity contribution in [2.45, 2.75) is 5.16 Å². The van der Waals surface area contributed by atoms with Crippen molar-refractivity contribution in [1.29, 1.82) is 0 Å². The van der Waals surface area contributed by atoms with E-state index in [2.05, 4.69) is 9.72 Å². The lowest BCUT2D eigenvalue weighted by molar-refractivity contribution is -0.137. The molecule has 0 atom stereocenters. The number of benzene rings is 2. The van der Waals surface area contributed by atoms with Crippen LogP contribution in [-0.4, -0.2) is 28.4 Å². The van der Waals surface area contributed by atoms with E-state index >= 15 is 0 Å². The van der Waals surface area contributed by atoms with Crippen molar-refractivity contribution < 1.29 is 9.53 Å². The molecule has 0 fully saturated rings. The van der Waals surface area contributed by atoms with E-state index in [0.29, 0.717) is 31.8 Å². The van der Waals surface area contributed by atoms with Crippen molar-refractivity contribution >= 4 is 51.8 Å². The maximum Gasteiger partial charge on any atom is 0.316 e. The number of methoxy groups -OCH3 is 1. The van der Waals surface area contributed by atoms with Crippen molar-refractivity contribution in [2.24, 2.45) is 0 Å². The Bertz CT molecular complexity index is 1020. The Hall–Kier alpha value is -2.02. The van der Waals surface area contributed by atoms with Crippen LogP contribution in [0.15, 0.2) is 52.4 Å². The molecule has 0 amide bonds. The largest absolute Gasteiger partial charge is 0.468 e. The van der Waals surface area contributed by atoms with Gasteiger partial charge in [0.1, 0.15) is 0 Å². The molecule has 1 aromatic heterocycles. The van der Waals surface area contributed by atoms with Crippen LogP contribution in [0.4, 0.5) is 0 Å². The third kappa shape index (κ3) is 3.66. The molecule has 0 N–H and O–H groups in total. The van der Waals surface area contributed by atoms with Gasteiger partial charge in [0, 0.05) is 0 Å². The van der Waals surface area contributed by atoms with Crippen LogP contribution in [-0.2, 0) is 9.53 Å². The minimum absolute atomic E-state index is 0.0304. The highest BCUT2D eigenvalue weighted by Gasteiger charge is 2.15. The van der Waals surface area contributed by atoms with Crippen LogP contribution >= 0.6 is 35.0 Å². The van der Waals surface area contributed by atoms with Gasteiger partial charge in [0.05, 0.1) is 39.5 Å². The van der Waals surface area contributed by atoms with E-state index in [1.54, 1.807) is 42.5 Å². The second kappa shape index (κ2) is 7.47. The molecular formula is C17H12Cl2N2O3S. The van der Waals surface area contributed by atoms with E-state index < -0.39 is 5.97 Å². The number of carbonyl (C=O) groups is 1. The summed E-state index contributed by atoms with van der Waals surface area (Å²) in [7, 11) is 1.31. The lowest BCUT2D eigenvalue weighted by Gasteiger charge is -2.13. The summed E-state index contributed by atoms with van der Waals surface area (Å²) in [4.78, 5) is 29.0. The molecule has 0 saturated carbocycles. The predicted octanol–water partition coefficient (Wildman–Crippen LogP) is 3.96. The molecule has 0 unspecified atom stereocenters. The lowest BCUT2D eigenvalue weighted by atomic mass is 10.2. The Balaban J connectivity index is 2.22. The highest BCUT2D eigenvalue weighted by atomic mass is 35.5. The van der Waals surface area contributed by atoms with Gasteiger partial charge in [-0.1, -0.05) is 47.1 Å². The summed E-state index contributed by atoms with van der Waals surface area (Å²) in [6, 6.07) is 11.9. The molecule has 0 aliphatic heterocycles. The first-order valence-corrected chi connectivity index (χ1v) is 8.92. The fourth-order valence-electron chi connectivity index (χ4n) is 2.24. The topological polar surface area (TPSA) is 61.2 Å². The van der Waals surface area contributed by atoms with Crippen LogP contribution in [0.2, 0.25) is 10.0 Å². The van der Waals surface area contributed by atoms with Gasteiger partial charge in [-0.25, -0.2) is 4.98 Å². The van der Waals surface area contributed by atoms with E-state index in [-0.39, 0.29) is 11.3 Å². The van der Waals surface area contributed by atoms with Crippen molar-refractivity contribution in [3.8, 4) is 5.69 Å². The average Bonchev–Trinajstić information content (AvgIpc) is 2.62. The molecule has 0 spiro atoms. The van der Waals surface area contributed by atoms with Gasteiger partial charge in [-0.3, -0.25) is 14.2 Å². The second-order valence-corrected chi connectivity index (χ2v) is 6.77. The lowest BCUT2D eigenvalue weighted by Crippen LogP contribution is -2.22. The van der Waals surface area contributed by atoms with Crippen molar-refractivity contribution in [2.75, 3.05) is 12.9 Å². The Kier molecular flexibility index (Phi) is 5.32. The van der Waals surface area contributed by atoms with Crippen LogP contribution in [0.5, 0.6) is 0 Å². The maximum atomic E-state index is 13.0. The molecule has 25 heavy (non-hydrogen) atoms. The summed E-state index contributed by atoms with van der Waals surface area (Å²) in [5.74, 6) is -0.379. The number of halogens is 2. The molecule has 128 valence electrons. The van der Waals surface area contributed by atoms with Crippen LogP contribution in [0, 0.1) is 0 Å². The number of para-hydroxylation sites is 1. The first-order chi connectivity index (χ1) is 12.0. The summed E-state index contributed by atoms with van der Waals surface area (Å²) in [6.45, 7) is 0. The van der Waals surface area contributed by atoms with E-state index in [1.807, 2.05) is 0 Å². The van der Waals surface area contributed by atoms with Crippen molar-refractivity contribution in [1.82, 2.24) is 9.55 Å². The summed E-state index contributed by atoms with van der Waals surface area (Å²) < 4.78 is 6.07. The first-order valence-electron chi connectivity index (χ1n) is 7.18. The second-order valence-electron chi connectivity index (χ2n) is 5.02. The minimum Gasteiger partial charge on any atom is -0.468 e. The number of fused-ring (bicyclic) bond motifs is 1. The number of ether oxygens (including phenoxy) is 1. The molecule has 3 aromatic rings. The number of nitrogens with zero attached hydrogens (tertiary/aromatic N) is 2. The molecule has 3 rings (SSSR count). The van der Waals surface area contributed by atoms with Crippen LogP contribution in [0.25, 0.3) is 16.6 Å². The first kappa shape index (κ1) is 17.8. The molecule has 8 heteroatoms. The average molecular weight is 395 g/mol. The number of thioether (sulfide) groups is 1. The molecular weight excluding hydrogens is 383 g/mol. The minimum atomic E-state index is -0.409. The summed E-state index contributed by atoms with van der Waals surface area (Å²) in [6.07, 6.45) is 0. The van der Waals surface area contributed by atoms with Crippen LogP contribution in [0.1, 0.15) is 0 Å². The van der Waals surface area contributed by atoms with Gasteiger partial charge in [-0.05, 0) is 30.3 Å². The molecule has 0 saturated heterocycles. The zero-order valence-electron chi connectivity index (χ0n) is 13.0. The molecule has 1 heterocycles. The van der Waals surface area contributed by atoms with Gasteiger partial charge in [-0.2, -0.15) is 0 Å². The zero-order chi connectivity index (χ0) is 18.0. The van der Waals surface area contributed by atoms with Crippen molar-refractivity contribution in [3.05, 3.63) is 62.9 Å². The third-order valence-corrected chi connectivity index (χ3v) is 5.10. The summed E-state index contributed by atoms with van der Waals surface area (Å²) in [5.41, 5.74) is 0.817. The van der Waals surface area contributed by atoms with E-state index in [0.717, 1.165) is 11.8 Å². The fraction of sp³-hybridized carbons (Fsp3) is 0.118. The van der Waals surface area contributed by atoms with E-state index in [9.17, 15) is 9.59 Å². The van der Waals surface area contributed by atoms with Gasteiger partial charge in [0.2, 0.25) is 0 Å². The smallest absolute Gasteiger partial charge is 0.316 e. The zero-order valence-corrected chi connectivity index (χ0v) is 15.4. The molecule has 5 nitrogen and oxygen atoms in total. The Morgan fingerprint density at radius 2 is 1.96 bits per heavy atom. The predicted molar refractivity (Wildman–Crippen MR) is 100 cm³/mol. The van der Waals surface area contributed by atoms with Gasteiger partial charge < -0.3 is 4.74 Å². The van der Waals surface area contributed by atoms with Crippen LogP contribution < -0.4 is 5.56 Å². The summed E-state index contributed by atoms with van der Waals surface area (Å²) in [5, 5.41) is 1.54. The number of carbonyl (C=O) groups excluding carboxylic acids is 1. The van der Waals surface area contributed by atoms with Gasteiger partial charge in [-0.15, -0.1) is 0 Å². The van der Waals surface area contributed by atoms with Crippen molar-refractivity contribution in [3.63, 3.8) is 0 Å². The monoisotopic (exact) mass is 394 g/mol. The molecule has 0 aliphatic carbocycles. The van der Waals surface area contributed by atoms with E-state index in [4.69, 9.17) is 23.2 Å². The SMILES string of the molecule is COC(=O)CSc1nc2ccccc2c(=O)n1-c1ccc(Cl)c(Cl)c1. The Morgan fingerprint density at radius 1 is 1.20 bits per heavy atom.